The number of likely N-dealkylation sites (N-methyl/N-ethyl adjacent to an activating group) is 1. The quantitative estimate of drug-likeness (QED) is 0.447. The summed E-state index contributed by atoms with van der Waals surface area (Å²) in [7, 11) is 2.22. The van der Waals surface area contributed by atoms with Crippen LogP contribution >= 0.6 is 11.6 Å². The van der Waals surface area contributed by atoms with Gasteiger partial charge in [0, 0.05) is 33.5 Å². The van der Waals surface area contributed by atoms with Gasteiger partial charge in [0.25, 0.3) is 0 Å². The standard InChI is InChI=1S/C29H34ClN2O3/c1-27-16-29(27,17-27)31(28(2)11-6-12-28)26(33)34-18-32(3)14-22-20-7-4-5-8-24(20)35-25-10-9-19(30)13-21(25)23(22)15-32/h4-5,7-10,13,22-23H,6,11-12,14-18H2,1-3H3/q+1. The zero-order valence-corrected chi connectivity index (χ0v) is 21.6. The average Bonchev–Trinajstić information content (AvgIpc) is 3.53. The Kier molecular flexibility index (Phi) is 4.37. The summed E-state index contributed by atoms with van der Waals surface area (Å²) in [6, 6.07) is 14.3. The Labute approximate surface area is 212 Å². The van der Waals surface area contributed by atoms with Gasteiger partial charge >= 0.3 is 6.09 Å². The van der Waals surface area contributed by atoms with Gasteiger partial charge in [-0.25, -0.2) is 4.79 Å². The molecule has 5 aliphatic rings. The van der Waals surface area contributed by atoms with E-state index in [-0.39, 0.29) is 29.0 Å². The molecule has 184 valence electrons. The summed E-state index contributed by atoms with van der Waals surface area (Å²) in [5, 5.41) is 0.727. The predicted molar refractivity (Wildman–Crippen MR) is 135 cm³/mol. The normalized spacial score (nSPS) is 36.8. The zero-order valence-electron chi connectivity index (χ0n) is 20.9. The van der Waals surface area contributed by atoms with E-state index in [0.29, 0.717) is 16.6 Å². The topological polar surface area (TPSA) is 38.8 Å². The van der Waals surface area contributed by atoms with Crippen LogP contribution in [0.3, 0.4) is 0 Å². The third-order valence-electron chi connectivity index (χ3n) is 9.99. The highest BCUT2D eigenvalue weighted by atomic mass is 35.5. The van der Waals surface area contributed by atoms with Crippen LogP contribution in [0.2, 0.25) is 5.02 Å². The number of benzene rings is 2. The third kappa shape index (κ3) is 3.13. The minimum absolute atomic E-state index is 0.0349. The van der Waals surface area contributed by atoms with E-state index in [0.717, 1.165) is 60.9 Å². The Morgan fingerprint density at radius 3 is 2.40 bits per heavy atom. The Hall–Kier alpha value is -2.24. The van der Waals surface area contributed by atoms with Gasteiger partial charge in [-0.1, -0.05) is 36.7 Å². The van der Waals surface area contributed by atoms with Gasteiger partial charge in [0.2, 0.25) is 6.73 Å². The number of quaternary nitrogens is 1. The van der Waals surface area contributed by atoms with Gasteiger partial charge in [0.05, 0.1) is 25.7 Å². The molecule has 3 atom stereocenters. The summed E-state index contributed by atoms with van der Waals surface area (Å²) in [5.74, 6) is 2.33. The lowest BCUT2D eigenvalue weighted by Gasteiger charge is -2.49. The summed E-state index contributed by atoms with van der Waals surface area (Å²) in [6.07, 6.45) is 5.54. The van der Waals surface area contributed by atoms with Gasteiger partial charge in [-0.2, -0.15) is 0 Å². The van der Waals surface area contributed by atoms with Crippen molar-refractivity contribution in [2.24, 2.45) is 5.41 Å². The van der Waals surface area contributed by atoms with E-state index < -0.39 is 0 Å². The fraction of sp³-hybridized carbons (Fsp3) is 0.552. The first-order chi connectivity index (χ1) is 16.7. The molecule has 0 spiro atoms. The highest BCUT2D eigenvalue weighted by Crippen LogP contribution is 2.82. The number of halogens is 1. The van der Waals surface area contributed by atoms with E-state index in [1.165, 1.54) is 12.0 Å². The number of nitrogens with zero attached hydrogens (tertiary/aromatic N) is 2. The van der Waals surface area contributed by atoms with Gasteiger partial charge < -0.3 is 9.47 Å². The van der Waals surface area contributed by atoms with Crippen molar-refractivity contribution in [2.75, 3.05) is 26.9 Å². The third-order valence-corrected chi connectivity index (χ3v) is 10.2. The maximum Gasteiger partial charge on any atom is 0.415 e. The second kappa shape index (κ2) is 6.95. The fourth-order valence-electron chi connectivity index (χ4n) is 7.59. The van der Waals surface area contributed by atoms with Crippen LogP contribution in [0.1, 0.15) is 68.9 Å². The van der Waals surface area contributed by atoms with E-state index in [1.807, 2.05) is 18.2 Å². The number of ether oxygens (including phenoxy) is 2. The molecule has 35 heavy (non-hydrogen) atoms. The molecule has 2 aromatic rings. The molecule has 0 aromatic heterocycles. The molecule has 7 rings (SSSR count). The number of hydrogen-bond donors (Lipinski definition) is 0. The maximum atomic E-state index is 13.6. The van der Waals surface area contributed by atoms with E-state index in [2.05, 4.69) is 50.1 Å². The highest BCUT2D eigenvalue weighted by molar-refractivity contribution is 6.30. The zero-order chi connectivity index (χ0) is 24.2. The Balaban J connectivity index is 1.15. The van der Waals surface area contributed by atoms with Crippen LogP contribution in [-0.4, -0.2) is 53.4 Å². The Bertz CT molecular complexity index is 1230. The molecule has 5 nitrogen and oxygen atoms in total. The number of likely N-dealkylation sites (tertiary alicyclic amines) is 1. The Morgan fingerprint density at radius 1 is 1.09 bits per heavy atom. The molecule has 2 aromatic carbocycles. The first kappa shape index (κ1) is 22.0. The molecule has 0 radical (unpaired) electrons. The highest BCUT2D eigenvalue weighted by Gasteiger charge is 2.85. The van der Waals surface area contributed by atoms with E-state index in [4.69, 9.17) is 21.1 Å². The largest absolute Gasteiger partial charge is 0.457 e. The molecule has 0 N–H and O–H groups in total. The van der Waals surface area contributed by atoms with Crippen LogP contribution in [0.25, 0.3) is 0 Å². The summed E-state index contributed by atoms with van der Waals surface area (Å²) < 4.78 is 13.2. The van der Waals surface area contributed by atoms with E-state index in [1.54, 1.807) is 0 Å². The van der Waals surface area contributed by atoms with Crippen molar-refractivity contribution in [3.8, 4) is 11.5 Å². The van der Waals surface area contributed by atoms with Gasteiger partial charge in [0.15, 0.2) is 0 Å². The van der Waals surface area contributed by atoms with Crippen molar-refractivity contribution in [2.45, 2.75) is 68.9 Å². The number of amides is 1. The monoisotopic (exact) mass is 493 g/mol. The first-order valence-corrected chi connectivity index (χ1v) is 13.4. The van der Waals surface area contributed by atoms with Crippen molar-refractivity contribution in [1.29, 1.82) is 0 Å². The lowest BCUT2D eigenvalue weighted by atomic mass is 9.76. The van der Waals surface area contributed by atoms with Crippen molar-refractivity contribution in [3.05, 3.63) is 58.6 Å². The maximum absolute atomic E-state index is 13.6. The lowest BCUT2D eigenvalue weighted by Crippen LogP contribution is -2.58. The lowest BCUT2D eigenvalue weighted by molar-refractivity contribution is -0.915. The second-order valence-corrected chi connectivity index (χ2v) is 13.1. The minimum Gasteiger partial charge on any atom is -0.457 e. The van der Waals surface area contributed by atoms with Crippen molar-refractivity contribution in [1.82, 2.24) is 4.90 Å². The summed E-state index contributed by atoms with van der Waals surface area (Å²) in [6.45, 7) is 6.74. The molecular formula is C29H34ClN2O3+. The van der Waals surface area contributed by atoms with Crippen LogP contribution in [0.5, 0.6) is 11.5 Å². The molecule has 1 amide bonds. The van der Waals surface area contributed by atoms with Crippen LogP contribution in [0.15, 0.2) is 42.5 Å². The second-order valence-electron chi connectivity index (χ2n) is 12.7. The van der Waals surface area contributed by atoms with Gasteiger partial charge in [0.1, 0.15) is 11.5 Å². The molecule has 1 saturated heterocycles. The van der Waals surface area contributed by atoms with Crippen molar-refractivity contribution < 1.29 is 18.8 Å². The van der Waals surface area contributed by atoms with Gasteiger partial charge in [-0.3, -0.25) is 9.38 Å². The minimum atomic E-state index is -0.105. The number of carbonyl (C=O) groups is 1. The average molecular weight is 494 g/mol. The molecule has 3 unspecified atom stereocenters. The number of para-hydroxylation sites is 1. The number of fused-ring (bicyclic) bond motifs is 6. The summed E-state index contributed by atoms with van der Waals surface area (Å²) in [4.78, 5) is 15.8. The van der Waals surface area contributed by atoms with Crippen LogP contribution in [0, 0.1) is 5.41 Å². The van der Waals surface area contributed by atoms with Gasteiger partial charge in [-0.15, -0.1) is 0 Å². The molecule has 4 fully saturated rings. The fourth-order valence-corrected chi connectivity index (χ4v) is 7.77. The van der Waals surface area contributed by atoms with Crippen molar-refractivity contribution in [3.63, 3.8) is 0 Å². The smallest absolute Gasteiger partial charge is 0.415 e. The summed E-state index contributed by atoms with van der Waals surface area (Å²) in [5.41, 5.74) is 2.75. The predicted octanol–water partition coefficient (Wildman–Crippen LogP) is 6.66. The SMILES string of the molecule is CC1(N(C(=O)OC[N+]2(C)CC3c4ccccc4Oc4ccc(Cl)cc4C3C2)C23CC2(C)C3)CCC1. The number of rotatable bonds is 4. The van der Waals surface area contributed by atoms with E-state index in [9.17, 15) is 4.79 Å². The van der Waals surface area contributed by atoms with Crippen LogP contribution in [-0.2, 0) is 4.74 Å². The summed E-state index contributed by atoms with van der Waals surface area (Å²) >= 11 is 6.43. The van der Waals surface area contributed by atoms with Gasteiger partial charge in [-0.05, 0) is 68.7 Å². The molecule has 0 bridgehead atoms. The molecule has 2 heterocycles. The molecule has 3 saturated carbocycles. The number of hydrogen-bond acceptors (Lipinski definition) is 3. The number of carbonyl (C=O) groups excluding carboxylic acids is 1. The Morgan fingerprint density at radius 2 is 1.74 bits per heavy atom. The molecule has 3 aliphatic carbocycles. The molecule has 2 aliphatic heterocycles. The molecular weight excluding hydrogens is 460 g/mol. The molecule has 6 heteroatoms. The van der Waals surface area contributed by atoms with Crippen LogP contribution in [0.4, 0.5) is 4.79 Å². The van der Waals surface area contributed by atoms with Crippen molar-refractivity contribution >= 4 is 17.7 Å². The van der Waals surface area contributed by atoms with Crippen LogP contribution < -0.4 is 4.74 Å². The first-order valence-electron chi connectivity index (χ1n) is 13.0. The van der Waals surface area contributed by atoms with E-state index >= 15 is 0 Å².